The van der Waals surface area contributed by atoms with Gasteiger partial charge in [0.15, 0.2) is 0 Å². The molecule has 0 aliphatic rings. The molecule has 1 aromatic carbocycles. The van der Waals surface area contributed by atoms with E-state index in [9.17, 15) is 4.79 Å². The minimum atomic E-state index is -0.465. The zero-order chi connectivity index (χ0) is 12.1. The molecule has 0 fully saturated rings. The molecule has 0 radical (unpaired) electrons. The van der Waals surface area contributed by atoms with Crippen molar-refractivity contribution in [2.75, 3.05) is 5.32 Å². The Morgan fingerprint density at radius 1 is 1.62 bits per heavy atom. The van der Waals surface area contributed by atoms with Gasteiger partial charge in [0.2, 0.25) is 5.91 Å². The summed E-state index contributed by atoms with van der Waals surface area (Å²) in [6.45, 7) is 1.99. The highest BCUT2D eigenvalue weighted by Gasteiger charge is 2.12. The van der Waals surface area contributed by atoms with Crippen molar-refractivity contribution in [2.24, 2.45) is 5.73 Å². The van der Waals surface area contributed by atoms with Crippen LogP contribution in [0, 0.1) is 0 Å². The van der Waals surface area contributed by atoms with E-state index in [0.29, 0.717) is 17.1 Å². The molecule has 88 valence electrons. The monoisotopic (exact) mass is 304 g/mol. The van der Waals surface area contributed by atoms with Gasteiger partial charge in [0, 0.05) is 10.2 Å². The molecule has 0 aliphatic carbocycles. The Kier molecular flexibility index (Phi) is 5.25. The number of hydrogen-bond donors (Lipinski definition) is 2. The molecule has 0 heterocycles. The molecule has 1 atom stereocenters. The molecule has 1 amide bonds. The minimum absolute atomic E-state index is 0.180. The number of halogens is 2. The molecule has 0 spiro atoms. The Labute approximate surface area is 108 Å². The number of hydrogen-bond acceptors (Lipinski definition) is 2. The van der Waals surface area contributed by atoms with Crippen LogP contribution in [-0.2, 0) is 4.79 Å². The quantitative estimate of drug-likeness (QED) is 0.897. The third-order valence-electron chi connectivity index (χ3n) is 2.12. The van der Waals surface area contributed by atoms with Gasteiger partial charge in [-0.2, -0.15) is 0 Å². The van der Waals surface area contributed by atoms with Gasteiger partial charge in [-0.3, -0.25) is 4.79 Å². The van der Waals surface area contributed by atoms with Gasteiger partial charge in [0.1, 0.15) is 0 Å². The van der Waals surface area contributed by atoms with Crippen molar-refractivity contribution in [3.63, 3.8) is 0 Å². The number of nitrogens with two attached hydrogens (primary N) is 1. The summed E-state index contributed by atoms with van der Waals surface area (Å²) in [5.74, 6) is -0.180. The SMILES string of the molecule is CCC[C@@H](N)C(=O)Nc1ccc(Br)c(Cl)c1. The highest BCUT2D eigenvalue weighted by molar-refractivity contribution is 9.10. The van der Waals surface area contributed by atoms with Crippen LogP contribution in [0.1, 0.15) is 19.8 Å². The van der Waals surface area contributed by atoms with E-state index in [0.717, 1.165) is 10.9 Å². The molecular formula is C11H14BrClN2O. The summed E-state index contributed by atoms with van der Waals surface area (Å²) in [6.07, 6.45) is 1.56. The number of carbonyl (C=O) groups excluding carboxylic acids is 1. The molecule has 0 aliphatic heterocycles. The number of anilines is 1. The average Bonchev–Trinajstić information content (AvgIpc) is 2.24. The van der Waals surface area contributed by atoms with Crippen LogP contribution >= 0.6 is 27.5 Å². The lowest BCUT2D eigenvalue weighted by atomic mass is 10.1. The fourth-order valence-corrected chi connectivity index (χ4v) is 1.68. The first-order valence-electron chi connectivity index (χ1n) is 5.06. The molecule has 5 heteroatoms. The molecule has 0 aromatic heterocycles. The number of nitrogens with one attached hydrogen (secondary N) is 1. The Hall–Kier alpha value is -0.580. The maximum absolute atomic E-state index is 11.6. The van der Waals surface area contributed by atoms with Gasteiger partial charge in [-0.25, -0.2) is 0 Å². The fraction of sp³-hybridized carbons (Fsp3) is 0.364. The standard InChI is InChI=1S/C11H14BrClN2O/c1-2-3-10(14)11(16)15-7-4-5-8(12)9(13)6-7/h4-6,10H,2-3,14H2,1H3,(H,15,16)/t10-/m1/s1. The highest BCUT2D eigenvalue weighted by atomic mass is 79.9. The minimum Gasteiger partial charge on any atom is -0.325 e. The maximum atomic E-state index is 11.6. The van der Waals surface area contributed by atoms with Crippen LogP contribution in [0.25, 0.3) is 0 Å². The molecule has 0 bridgehead atoms. The summed E-state index contributed by atoms with van der Waals surface area (Å²) >= 11 is 9.19. The van der Waals surface area contributed by atoms with Crippen LogP contribution in [0.4, 0.5) is 5.69 Å². The van der Waals surface area contributed by atoms with E-state index in [-0.39, 0.29) is 5.91 Å². The molecule has 3 N–H and O–H groups in total. The van der Waals surface area contributed by atoms with Crippen LogP contribution in [0.2, 0.25) is 5.02 Å². The van der Waals surface area contributed by atoms with Crippen LogP contribution in [0.3, 0.4) is 0 Å². The molecule has 0 unspecified atom stereocenters. The second-order valence-corrected chi connectivity index (χ2v) is 4.77. The summed E-state index contributed by atoms with van der Waals surface area (Å²) in [5, 5.41) is 3.28. The lowest BCUT2D eigenvalue weighted by Crippen LogP contribution is -2.35. The second-order valence-electron chi connectivity index (χ2n) is 3.51. The van der Waals surface area contributed by atoms with E-state index in [1.54, 1.807) is 18.2 Å². The number of benzene rings is 1. The van der Waals surface area contributed by atoms with Crippen molar-refractivity contribution in [2.45, 2.75) is 25.8 Å². The summed E-state index contributed by atoms with van der Waals surface area (Å²) in [4.78, 5) is 11.6. The topological polar surface area (TPSA) is 55.1 Å². The normalized spacial score (nSPS) is 12.2. The van der Waals surface area contributed by atoms with E-state index < -0.39 is 6.04 Å². The Morgan fingerprint density at radius 3 is 2.88 bits per heavy atom. The molecule has 0 saturated heterocycles. The van der Waals surface area contributed by atoms with Crippen LogP contribution in [0.15, 0.2) is 22.7 Å². The van der Waals surface area contributed by atoms with Crippen LogP contribution in [0.5, 0.6) is 0 Å². The van der Waals surface area contributed by atoms with Crippen molar-refractivity contribution in [3.05, 3.63) is 27.7 Å². The van der Waals surface area contributed by atoms with Gasteiger partial charge in [0.05, 0.1) is 11.1 Å². The number of carbonyl (C=O) groups is 1. The Balaban J connectivity index is 2.66. The largest absolute Gasteiger partial charge is 0.325 e. The molecule has 1 rings (SSSR count). The van der Waals surface area contributed by atoms with E-state index in [1.807, 2.05) is 6.92 Å². The van der Waals surface area contributed by atoms with Crippen molar-refractivity contribution in [1.29, 1.82) is 0 Å². The van der Waals surface area contributed by atoms with Crippen LogP contribution in [-0.4, -0.2) is 11.9 Å². The third kappa shape index (κ3) is 3.77. The zero-order valence-corrected chi connectivity index (χ0v) is 11.3. The zero-order valence-electron chi connectivity index (χ0n) is 8.97. The smallest absolute Gasteiger partial charge is 0.241 e. The first-order valence-corrected chi connectivity index (χ1v) is 6.23. The van der Waals surface area contributed by atoms with Gasteiger partial charge in [-0.05, 0) is 40.5 Å². The van der Waals surface area contributed by atoms with Gasteiger partial charge in [-0.1, -0.05) is 24.9 Å². The summed E-state index contributed by atoms with van der Waals surface area (Å²) in [6, 6.07) is 4.77. The van der Waals surface area contributed by atoms with E-state index in [1.165, 1.54) is 0 Å². The average molecular weight is 306 g/mol. The third-order valence-corrected chi connectivity index (χ3v) is 3.36. The van der Waals surface area contributed by atoms with Gasteiger partial charge in [0.25, 0.3) is 0 Å². The second kappa shape index (κ2) is 6.23. The molecular weight excluding hydrogens is 291 g/mol. The Morgan fingerprint density at radius 2 is 2.31 bits per heavy atom. The van der Waals surface area contributed by atoms with E-state index >= 15 is 0 Å². The van der Waals surface area contributed by atoms with E-state index in [4.69, 9.17) is 17.3 Å². The van der Waals surface area contributed by atoms with Gasteiger partial charge >= 0.3 is 0 Å². The van der Waals surface area contributed by atoms with Crippen molar-refractivity contribution in [1.82, 2.24) is 0 Å². The first kappa shape index (κ1) is 13.5. The summed E-state index contributed by atoms with van der Waals surface area (Å²) in [7, 11) is 0. The first-order chi connectivity index (χ1) is 7.54. The summed E-state index contributed by atoms with van der Waals surface area (Å²) in [5.41, 5.74) is 6.35. The highest BCUT2D eigenvalue weighted by Crippen LogP contribution is 2.25. The van der Waals surface area contributed by atoms with Gasteiger partial charge < -0.3 is 11.1 Å². The van der Waals surface area contributed by atoms with Crippen molar-refractivity contribution in [3.8, 4) is 0 Å². The molecule has 16 heavy (non-hydrogen) atoms. The molecule has 1 aromatic rings. The van der Waals surface area contributed by atoms with Crippen molar-refractivity contribution < 1.29 is 4.79 Å². The number of rotatable bonds is 4. The lowest BCUT2D eigenvalue weighted by molar-refractivity contribution is -0.117. The number of amides is 1. The molecule has 3 nitrogen and oxygen atoms in total. The van der Waals surface area contributed by atoms with Crippen molar-refractivity contribution >= 4 is 39.1 Å². The fourth-order valence-electron chi connectivity index (χ4n) is 1.25. The van der Waals surface area contributed by atoms with E-state index in [2.05, 4.69) is 21.2 Å². The predicted molar refractivity (Wildman–Crippen MR) is 70.7 cm³/mol. The predicted octanol–water partition coefficient (Wildman–Crippen LogP) is 3.17. The maximum Gasteiger partial charge on any atom is 0.241 e. The summed E-state index contributed by atoms with van der Waals surface area (Å²) < 4.78 is 0.796. The van der Waals surface area contributed by atoms with Gasteiger partial charge in [-0.15, -0.1) is 0 Å². The molecule has 0 saturated carbocycles. The van der Waals surface area contributed by atoms with Crippen LogP contribution < -0.4 is 11.1 Å². The Bertz CT molecular complexity index is 384. The lowest BCUT2D eigenvalue weighted by Gasteiger charge is -2.11.